The number of Topliss-reactive ketones (excluding diaryl/α,β-unsaturated/α-hetero) is 1. The second-order valence-electron chi connectivity index (χ2n) is 4.07. The van der Waals surface area contributed by atoms with Gasteiger partial charge in [0.1, 0.15) is 11.6 Å². The van der Waals surface area contributed by atoms with E-state index >= 15 is 0 Å². The van der Waals surface area contributed by atoms with Gasteiger partial charge in [0, 0.05) is 4.90 Å². The molecule has 2 rings (SSSR count). The summed E-state index contributed by atoms with van der Waals surface area (Å²) < 4.78 is 26.9. The zero-order valence-electron chi connectivity index (χ0n) is 10.3. The maximum atomic E-state index is 13.4. The van der Waals surface area contributed by atoms with E-state index in [0.717, 1.165) is 22.6 Å². The van der Waals surface area contributed by atoms with Crippen molar-refractivity contribution in [2.75, 3.05) is 5.75 Å². The Balaban J connectivity index is 2.13. The predicted octanol–water partition coefficient (Wildman–Crippen LogP) is 4.25. The van der Waals surface area contributed by atoms with Gasteiger partial charge in [0.2, 0.25) is 0 Å². The van der Waals surface area contributed by atoms with Gasteiger partial charge in [-0.1, -0.05) is 24.3 Å². The van der Waals surface area contributed by atoms with Crippen LogP contribution in [0, 0.1) is 18.6 Å². The molecule has 0 fully saturated rings. The molecule has 0 radical (unpaired) electrons. The molecule has 2 aromatic carbocycles. The van der Waals surface area contributed by atoms with E-state index in [1.807, 2.05) is 31.2 Å². The number of carbonyl (C=O) groups is 1. The third-order valence-corrected chi connectivity index (χ3v) is 3.87. The number of thioether (sulfide) groups is 1. The van der Waals surface area contributed by atoms with Gasteiger partial charge in [-0.15, -0.1) is 11.8 Å². The molecule has 0 amide bonds. The third-order valence-electron chi connectivity index (χ3n) is 2.69. The molecule has 0 aromatic heterocycles. The minimum Gasteiger partial charge on any atom is -0.293 e. The van der Waals surface area contributed by atoms with Crippen molar-refractivity contribution >= 4 is 17.5 Å². The summed E-state index contributed by atoms with van der Waals surface area (Å²) in [5, 5.41) is 0. The number of hydrogen-bond acceptors (Lipinski definition) is 2. The quantitative estimate of drug-likeness (QED) is 0.614. The van der Waals surface area contributed by atoms with Crippen LogP contribution in [0.5, 0.6) is 0 Å². The maximum Gasteiger partial charge on any atom is 0.178 e. The number of rotatable bonds is 4. The standard InChI is InChI=1S/C15H12F2OS/c1-10-5-2-3-8-14(10)19-9-13(18)15-11(16)6-4-7-12(15)17/h2-8H,9H2,1H3. The van der Waals surface area contributed by atoms with Crippen molar-refractivity contribution < 1.29 is 13.6 Å². The number of hydrogen-bond donors (Lipinski definition) is 0. The molecule has 0 N–H and O–H groups in total. The fourth-order valence-corrected chi connectivity index (χ4v) is 2.60. The summed E-state index contributed by atoms with van der Waals surface area (Å²) in [6, 6.07) is 11.0. The van der Waals surface area contributed by atoms with Gasteiger partial charge in [-0.25, -0.2) is 8.78 Å². The zero-order valence-corrected chi connectivity index (χ0v) is 11.1. The zero-order chi connectivity index (χ0) is 13.8. The van der Waals surface area contributed by atoms with E-state index < -0.39 is 23.0 Å². The lowest BCUT2D eigenvalue weighted by molar-refractivity contribution is 0.101. The second-order valence-corrected chi connectivity index (χ2v) is 5.09. The van der Waals surface area contributed by atoms with Crippen LogP contribution >= 0.6 is 11.8 Å². The molecular weight excluding hydrogens is 266 g/mol. The van der Waals surface area contributed by atoms with E-state index in [0.29, 0.717) is 0 Å². The lowest BCUT2D eigenvalue weighted by Gasteiger charge is -2.06. The average Bonchev–Trinajstić information content (AvgIpc) is 2.37. The van der Waals surface area contributed by atoms with Crippen LogP contribution in [-0.2, 0) is 0 Å². The fourth-order valence-electron chi connectivity index (χ4n) is 1.70. The first-order valence-corrected chi connectivity index (χ1v) is 6.74. The topological polar surface area (TPSA) is 17.1 Å². The molecule has 0 spiro atoms. The first-order valence-electron chi connectivity index (χ1n) is 5.75. The molecular formula is C15H12F2OS. The van der Waals surface area contributed by atoms with Crippen molar-refractivity contribution in [3.8, 4) is 0 Å². The Bertz CT molecular complexity index is 591. The molecule has 0 unspecified atom stereocenters. The Morgan fingerprint density at radius 2 is 1.68 bits per heavy atom. The van der Waals surface area contributed by atoms with Crippen molar-refractivity contribution in [1.29, 1.82) is 0 Å². The molecule has 0 saturated carbocycles. The van der Waals surface area contributed by atoms with Crippen LogP contribution in [-0.4, -0.2) is 11.5 Å². The van der Waals surface area contributed by atoms with Crippen LogP contribution in [0.2, 0.25) is 0 Å². The van der Waals surface area contributed by atoms with Crippen molar-refractivity contribution in [2.24, 2.45) is 0 Å². The largest absolute Gasteiger partial charge is 0.293 e. The van der Waals surface area contributed by atoms with Gasteiger partial charge in [0.25, 0.3) is 0 Å². The van der Waals surface area contributed by atoms with Gasteiger partial charge >= 0.3 is 0 Å². The SMILES string of the molecule is Cc1ccccc1SCC(=O)c1c(F)cccc1F. The monoisotopic (exact) mass is 278 g/mol. The van der Waals surface area contributed by atoms with Gasteiger partial charge in [0.15, 0.2) is 5.78 Å². The highest BCUT2D eigenvalue weighted by Crippen LogP contribution is 2.24. The Kier molecular flexibility index (Phi) is 4.32. The number of aryl methyl sites for hydroxylation is 1. The van der Waals surface area contributed by atoms with E-state index in [1.165, 1.54) is 17.8 Å². The van der Waals surface area contributed by atoms with Crippen LogP contribution in [0.15, 0.2) is 47.4 Å². The maximum absolute atomic E-state index is 13.4. The van der Waals surface area contributed by atoms with Crippen molar-refractivity contribution in [3.05, 3.63) is 65.2 Å². The normalized spacial score (nSPS) is 10.5. The molecule has 19 heavy (non-hydrogen) atoms. The highest BCUT2D eigenvalue weighted by molar-refractivity contribution is 8.00. The van der Waals surface area contributed by atoms with Gasteiger partial charge < -0.3 is 0 Å². The van der Waals surface area contributed by atoms with Crippen molar-refractivity contribution in [2.45, 2.75) is 11.8 Å². The summed E-state index contributed by atoms with van der Waals surface area (Å²) >= 11 is 1.28. The Morgan fingerprint density at radius 1 is 1.05 bits per heavy atom. The lowest BCUT2D eigenvalue weighted by atomic mass is 10.1. The Labute approximate surface area is 114 Å². The number of carbonyl (C=O) groups excluding carboxylic acids is 1. The van der Waals surface area contributed by atoms with Crippen LogP contribution in [0.1, 0.15) is 15.9 Å². The fraction of sp³-hybridized carbons (Fsp3) is 0.133. The minimum atomic E-state index is -0.810. The molecule has 4 heteroatoms. The van der Waals surface area contributed by atoms with Crippen LogP contribution in [0.3, 0.4) is 0 Å². The smallest absolute Gasteiger partial charge is 0.178 e. The molecule has 0 bridgehead atoms. The molecule has 1 nitrogen and oxygen atoms in total. The van der Waals surface area contributed by atoms with Crippen molar-refractivity contribution in [1.82, 2.24) is 0 Å². The molecule has 0 heterocycles. The summed E-state index contributed by atoms with van der Waals surface area (Å²) in [5.74, 6) is -2.14. The van der Waals surface area contributed by atoms with Gasteiger partial charge in [0.05, 0.1) is 11.3 Å². The lowest BCUT2D eigenvalue weighted by Crippen LogP contribution is -2.08. The summed E-state index contributed by atoms with van der Waals surface area (Å²) in [4.78, 5) is 12.8. The first kappa shape index (κ1) is 13.7. The van der Waals surface area contributed by atoms with Crippen molar-refractivity contribution in [3.63, 3.8) is 0 Å². The van der Waals surface area contributed by atoms with E-state index in [2.05, 4.69) is 0 Å². The highest BCUT2D eigenvalue weighted by Gasteiger charge is 2.17. The highest BCUT2D eigenvalue weighted by atomic mass is 32.2. The third kappa shape index (κ3) is 3.20. The van der Waals surface area contributed by atoms with E-state index in [4.69, 9.17) is 0 Å². The molecule has 0 aliphatic carbocycles. The first-order chi connectivity index (χ1) is 9.09. The van der Waals surface area contributed by atoms with Crippen LogP contribution < -0.4 is 0 Å². The van der Waals surface area contributed by atoms with Gasteiger partial charge in [-0.2, -0.15) is 0 Å². The molecule has 0 atom stereocenters. The van der Waals surface area contributed by atoms with Crippen LogP contribution in [0.25, 0.3) is 0 Å². The molecule has 98 valence electrons. The molecule has 0 aliphatic rings. The predicted molar refractivity (Wildman–Crippen MR) is 72.6 cm³/mol. The molecule has 0 aliphatic heterocycles. The van der Waals surface area contributed by atoms with Crippen LogP contribution in [0.4, 0.5) is 8.78 Å². The van der Waals surface area contributed by atoms with Gasteiger partial charge in [-0.3, -0.25) is 4.79 Å². The average molecular weight is 278 g/mol. The Hall–Kier alpha value is -1.68. The number of halogens is 2. The molecule has 2 aromatic rings. The van der Waals surface area contributed by atoms with E-state index in [9.17, 15) is 13.6 Å². The van der Waals surface area contributed by atoms with E-state index in [1.54, 1.807) is 0 Å². The summed E-state index contributed by atoms with van der Waals surface area (Å²) in [6.45, 7) is 1.93. The number of benzene rings is 2. The Morgan fingerprint density at radius 3 is 2.32 bits per heavy atom. The summed E-state index contributed by atoms with van der Waals surface area (Å²) in [6.07, 6.45) is 0. The second kappa shape index (κ2) is 5.97. The van der Waals surface area contributed by atoms with Gasteiger partial charge in [-0.05, 0) is 30.7 Å². The van der Waals surface area contributed by atoms with E-state index in [-0.39, 0.29) is 5.75 Å². The summed E-state index contributed by atoms with van der Waals surface area (Å²) in [5.41, 5.74) is 0.581. The molecule has 0 saturated heterocycles. The summed E-state index contributed by atoms with van der Waals surface area (Å²) in [7, 11) is 0. The minimum absolute atomic E-state index is 0.0166. The number of ketones is 1.